The topological polar surface area (TPSA) is 71.1 Å². The second-order valence-corrected chi connectivity index (χ2v) is 14.5. The maximum absolute atomic E-state index is 13.4. The monoisotopic (exact) mass is 382 g/mol. The molecule has 0 saturated heterocycles. The van der Waals surface area contributed by atoms with E-state index in [9.17, 15) is 9.13 Å². The maximum atomic E-state index is 13.4. The Bertz CT molecular complexity index is 501. The molecule has 0 radical (unpaired) electrons. The van der Waals surface area contributed by atoms with Gasteiger partial charge in [-0.1, -0.05) is 30.3 Å². The van der Waals surface area contributed by atoms with Gasteiger partial charge >= 0.3 is 14.6 Å². The third-order valence-electron chi connectivity index (χ3n) is 2.62. The Morgan fingerprint density at radius 1 is 0.739 bits per heavy atom. The van der Waals surface area contributed by atoms with Crippen LogP contribution in [0.4, 0.5) is 0 Å². The smallest absolute Gasteiger partial charge is 0.305 e. The van der Waals surface area contributed by atoms with Crippen molar-refractivity contribution in [3.8, 4) is 0 Å². The van der Waals surface area contributed by atoms with Crippen LogP contribution >= 0.6 is 21.9 Å². The first-order valence-electron chi connectivity index (χ1n) is 7.61. The van der Waals surface area contributed by atoms with Crippen molar-refractivity contribution in [2.45, 2.75) is 27.7 Å². The number of rotatable bonds is 11. The van der Waals surface area contributed by atoms with E-state index in [4.69, 9.17) is 18.1 Å². The van der Waals surface area contributed by atoms with Gasteiger partial charge in [-0.25, -0.2) is 0 Å². The average Bonchev–Trinajstić information content (AvgIpc) is 2.49. The molecular weight excluding hydrogens is 357 g/mol. The molecule has 0 aliphatic carbocycles. The minimum absolute atomic E-state index is 0.182. The van der Waals surface area contributed by atoms with Crippen LogP contribution in [0.5, 0.6) is 0 Å². The second-order valence-electron chi connectivity index (χ2n) is 4.23. The average molecular weight is 382 g/mol. The van der Waals surface area contributed by atoms with Gasteiger partial charge in [0.15, 0.2) is 7.30 Å². The third-order valence-corrected chi connectivity index (χ3v) is 16.1. The molecule has 0 aliphatic rings. The van der Waals surface area contributed by atoms with E-state index in [1.807, 2.05) is 6.07 Å². The van der Waals surface area contributed by atoms with E-state index < -0.39 is 21.9 Å². The molecule has 0 bridgehead atoms. The summed E-state index contributed by atoms with van der Waals surface area (Å²) in [6.45, 7) is 7.60. The molecule has 9 heteroatoms. The Morgan fingerprint density at radius 2 is 1.09 bits per heavy atom. The number of hydrogen-bond acceptors (Lipinski definition) is 6. The van der Waals surface area contributed by atoms with E-state index in [-0.39, 0.29) is 26.4 Å². The summed E-state index contributed by atoms with van der Waals surface area (Å²) in [7, 11) is -9.31. The van der Waals surface area contributed by atoms with Gasteiger partial charge < -0.3 is 18.1 Å². The highest BCUT2D eigenvalue weighted by Gasteiger charge is 2.52. The van der Waals surface area contributed by atoms with E-state index in [1.165, 1.54) is 0 Å². The van der Waals surface area contributed by atoms with E-state index >= 15 is 0 Å². The van der Waals surface area contributed by atoms with E-state index in [1.54, 1.807) is 52.0 Å². The lowest BCUT2D eigenvalue weighted by Gasteiger charge is -2.31. The maximum Gasteiger partial charge on any atom is 0.366 e. The Hall–Kier alpha value is -0.0500. The zero-order valence-corrected chi connectivity index (χ0v) is 16.7. The zero-order valence-electron chi connectivity index (χ0n) is 14.0. The van der Waals surface area contributed by atoms with Gasteiger partial charge in [0, 0.05) is 0 Å². The highest BCUT2D eigenvalue weighted by Crippen LogP contribution is 2.94. The van der Waals surface area contributed by atoms with Crippen molar-refractivity contribution in [2.75, 3.05) is 26.4 Å². The van der Waals surface area contributed by atoms with Gasteiger partial charge in [-0.15, -0.1) is 0 Å². The van der Waals surface area contributed by atoms with Gasteiger partial charge in [-0.05, 0) is 33.0 Å². The van der Waals surface area contributed by atoms with Crippen molar-refractivity contribution in [1.82, 2.24) is 0 Å². The van der Waals surface area contributed by atoms with Crippen molar-refractivity contribution in [1.29, 1.82) is 0 Å². The fraction of sp³-hybridized carbons (Fsp3) is 0.571. The summed E-state index contributed by atoms with van der Waals surface area (Å²) in [5.74, 6) is 0. The van der Waals surface area contributed by atoms with Crippen molar-refractivity contribution >= 4 is 27.2 Å². The van der Waals surface area contributed by atoms with Crippen LogP contribution in [0.15, 0.2) is 30.3 Å². The molecule has 1 aromatic carbocycles. The fourth-order valence-corrected chi connectivity index (χ4v) is 15.4. The number of hydrogen-bond donors (Lipinski definition) is 0. The van der Waals surface area contributed by atoms with Gasteiger partial charge in [-0.2, -0.15) is 0 Å². The van der Waals surface area contributed by atoms with Gasteiger partial charge in [-0.3, -0.25) is 9.13 Å². The quantitative estimate of drug-likeness (QED) is 0.493. The van der Waals surface area contributed by atoms with Crippen LogP contribution in [0.25, 0.3) is 0 Å². The molecule has 0 aromatic heterocycles. The minimum Gasteiger partial charge on any atom is -0.305 e. The molecule has 0 heterocycles. The van der Waals surface area contributed by atoms with Crippen molar-refractivity contribution < 1.29 is 27.2 Å². The largest absolute Gasteiger partial charge is 0.366 e. The lowest BCUT2D eigenvalue weighted by molar-refractivity contribution is 0.230. The van der Waals surface area contributed by atoms with Crippen LogP contribution in [-0.2, 0) is 27.2 Å². The molecule has 132 valence electrons. The summed E-state index contributed by atoms with van der Waals surface area (Å²) >= 11 is 0. The Kier molecular flexibility index (Phi) is 9.18. The highest BCUT2D eigenvalue weighted by atomic mass is 32.5. The summed E-state index contributed by atoms with van der Waals surface area (Å²) in [6.07, 6.45) is 0. The number of benzene rings is 1. The summed E-state index contributed by atoms with van der Waals surface area (Å²) in [4.78, 5) is 0. The molecule has 1 aromatic rings. The molecule has 0 saturated carbocycles. The summed E-state index contributed by atoms with van der Waals surface area (Å²) < 4.78 is 48.5. The zero-order chi connectivity index (χ0) is 17.3. The first-order chi connectivity index (χ1) is 11.0. The summed E-state index contributed by atoms with van der Waals surface area (Å²) in [6, 6.07) is 8.90. The van der Waals surface area contributed by atoms with Crippen LogP contribution in [-0.4, -0.2) is 26.4 Å². The standard InChI is InChI=1S/C14H25O6P3/c1-5-17-22(15,18-6-2)21(14-12-10-9-11-13-14)23(16,19-7-3)20-8-4/h9-13H,5-8H2,1-4H3. The highest BCUT2D eigenvalue weighted by molar-refractivity contribution is 8.62. The van der Waals surface area contributed by atoms with Gasteiger partial charge in [0.25, 0.3) is 0 Å². The SMILES string of the molecule is CCOP(=O)(OCC)P(c1ccccc1)P(=O)(OCC)OCC. The van der Waals surface area contributed by atoms with E-state index in [0.29, 0.717) is 5.30 Å². The Balaban J connectivity index is 3.47. The fourth-order valence-electron chi connectivity index (χ4n) is 1.92. The molecule has 0 aliphatic heterocycles. The molecule has 0 atom stereocenters. The van der Waals surface area contributed by atoms with Crippen LogP contribution in [0.2, 0.25) is 0 Å². The van der Waals surface area contributed by atoms with Crippen LogP contribution in [0.3, 0.4) is 0 Å². The third kappa shape index (κ3) is 5.47. The Labute approximate surface area is 139 Å². The normalized spacial score (nSPS) is 12.7. The lowest BCUT2D eigenvalue weighted by atomic mass is 10.4. The molecule has 1 rings (SSSR count). The molecule has 0 N–H and O–H groups in total. The lowest BCUT2D eigenvalue weighted by Crippen LogP contribution is -2.08. The molecule has 23 heavy (non-hydrogen) atoms. The van der Waals surface area contributed by atoms with Gasteiger partial charge in [0.2, 0.25) is 0 Å². The van der Waals surface area contributed by atoms with Crippen LogP contribution in [0.1, 0.15) is 27.7 Å². The predicted molar refractivity (Wildman–Crippen MR) is 94.7 cm³/mol. The van der Waals surface area contributed by atoms with Crippen molar-refractivity contribution in [2.24, 2.45) is 0 Å². The summed E-state index contributed by atoms with van der Waals surface area (Å²) in [5, 5.41) is 0.609. The van der Waals surface area contributed by atoms with E-state index in [0.717, 1.165) is 0 Å². The van der Waals surface area contributed by atoms with E-state index in [2.05, 4.69) is 0 Å². The van der Waals surface area contributed by atoms with Crippen LogP contribution in [0, 0.1) is 0 Å². The molecule has 0 unspecified atom stereocenters. The first-order valence-corrected chi connectivity index (χ1v) is 13.5. The van der Waals surface area contributed by atoms with Gasteiger partial charge in [0.05, 0.1) is 26.4 Å². The summed E-state index contributed by atoms with van der Waals surface area (Å²) in [5.41, 5.74) is 0. The predicted octanol–water partition coefficient (Wildman–Crippen LogP) is 5.16. The molecule has 0 fully saturated rings. The molecule has 0 amide bonds. The van der Waals surface area contributed by atoms with Crippen molar-refractivity contribution in [3.63, 3.8) is 0 Å². The van der Waals surface area contributed by atoms with Crippen LogP contribution < -0.4 is 5.30 Å². The second kappa shape index (κ2) is 10.1. The molecule has 6 nitrogen and oxygen atoms in total. The molecular formula is C14H25O6P3. The molecule has 0 spiro atoms. The van der Waals surface area contributed by atoms with Crippen molar-refractivity contribution in [3.05, 3.63) is 30.3 Å². The van der Waals surface area contributed by atoms with Gasteiger partial charge in [0.1, 0.15) is 0 Å². The minimum atomic E-state index is -3.68. The Morgan fingerprint density at radius 3 is 1.39 bits per heavy atom. The first kappa shape index (κ1) is 21.0.